The van der Waals surface area contributed by atoms with Crippen LogP contribution in [0.2, 0.25) is 0 Å². The van der Waals surface area contributed by atoms with E-state index in [1.54, 1.807) is 4.90 Å². The van der Waals surface area contributed by atoms with Gasteiger partial charge in [-0.3, -0.25) is 9.69 Å². The summed E-state index contributed by atoms with van der Waals surface area (Å²) in [5, 5.41) is 5.66. The molecule has 6 heteroatoms. The molecule has 0 radical (unpaired) electrons. The summed E-state index contributed by atoms with van der Waals surface area (Å²) >= 11 is 0. The first-order valence-corrected chi connectivity index (χ1v) is 7.32. The van der Waals surface area contributed by atoms with Gasteiger partial charge in [0, 0.05) is 31.1 Å². The van der Waals surface area contributed by atoms with E-state index in [1.807, 2.05) is 24.3 Å². The number of nitrogens with one attached hydrogen (secondary N) is 2. The van der Waals surface area contributed by atoms with Gasteiger partial charge in [0.05, 0.1) is 0 Å². The molecule has 0 saturated carbocycles. The summed E-state index contributed by atoms with van der Waals surface area (Å²) in [6.07, 6.45) is 2.31. The predicted molar refractivity (Wildman–Crippen MR) is 79.4 cm³/mol. The van der Waals surface area contributed by atoms with Crippen LogP contribution in [0.3, 0.4) is 0 Å². The highest BCUT2D eigenvalue weighted by Gasteiger charge is 2.23. The number of nitrogens with zero attached hydrogens (tertiary/aromatic N) is 1. The Kier molecular flexibility index (Phi) is 4.06. The third-order valence-corrected chi connectivity index (χ3v) is 3.75. The van der Waals surface area contributed by atoms with Crippen LogP contribution >= 0.6 is 0 Å². The molecule has 1 unspecified atom stereocenters. The second kappa shape index (κ2) is 6.13. The van der Waals surface area contributed by atoms with Crippen LogP contribution in [0.25, 0.3) is 0 Å². The number of anilines is 2. The zero-order valence-electron chi connectivity index (χ0n) is 11.8. The molecule has 1 aromatic carbocycles. The lowest BCUT2D eigenvalue weighted by Crippen LogP contribution is -2.46. The third-order valence-electron chi connectivity index (χ3n) is 3.75. The molecule has 0 spiro atoms. The number of benzene rings is 1. The molecule has 6 nitrogen and oxygen atoms in total. The summed E-state index contributed by atoms with van der Waals surface area (Å²) < 4.78 is 5.35. The van der Waals surface area contributed by atoms with Gasteiger partial charge >= 0.3 is 6.03 Å². The van der Waals surface area contributed by atoms with Crippen LogP contribution in [0, 0.1) is 0 Å². The Morgan fingerprint density at radius 1 is 1.29 bits per heavy atom. The molecule has 3 rings (SSSR count). The molecule has 112 valence electrons. The van der Waals surface area contributed by atoms with E-state index in [9.17, 15) is 9.59 Å². The van der Waals surface area contributed by atoms with Gasteiger partial charge in [-0.1, -0.05) is 0 Å². The van der Waals surface area contributed by atoms with Gasteiger partial charge < -0.3 is 15.4 Å². The quantitative estimate of drug-likeness (QED) is 0.890. The SMILES string of the molecule is O=C(Nc1ccc(N2CCCNC2=O)cc1)C1CCCO1. The molecular weight excluding hydrogens is 270 g/mol. The largest absolute Gasteiger partial charge is 0.368 e. The first-order valence-electron chi connectivity index (χ1n) is 7.32. The topological polar surface area (TPSA) is 70.7 Å². The Bertz CT molecular complexity index is 523. The van der Waals surface area contributed by atoms with Gasteiger partial charge in [-0.25, -0.2) is 4.79 Å². The van der Waals surface area contributed by atoms with Crippen LogP contribution in [0.15, 0.2) is 24.3 Å². The van der Waals surface area contributed by atoms with Crippen LogP contribution in [0.4, 0.5) is 16.2 Å². The molecule has 2 aliphatic heterocycles. The number of rotatable bonds is 3. The summed E-state index contributed by atoms with van der Waals surface area (Å²) in [4.78, 5) is 25.4. The zero-order valence-corrected chi connectivity index (χ0v) is 11.8. The number of carbonyl (C=O) groups is 2. The zero-order chi connectivity index (χ0) is 14.7. The van der Waals surface area contributed by atoms with Crippen molar-refractivity contribution < 1.29 is 14.3 Å². The molecule has 21 heavy (non-hydrogen) atoms. The standard InChI is InChI=1S/C15H19N3O3/c19-14(13-3-1-10-21-13)17-11-4-6-12(7-5-11)18-9-2-8-16-15(18)20/h4-7,13H,1-3,8-10H2,(H,16,20)(H,17,19). The molecule has 3 amide bonds. The van der Waals surface area contributed by atoms with Crippen LogP contribution in [0.5, 0.6) is 0 Å². The van der Waals surface area contributed by atoms with Crippen molar-refractivity contribution in [2.45, 2.75) is 25.4 Å². The Balaban J connectivity index is 1.63. The van der Waals surface area contributed by atoms with E-state index in [0.717, 1.165) is 37.2 Å². The van der Waals surface area contributed by atoms with E-state index in [1.165, 1.54) is 0 Å². The maximum atomic E-state index is 11.9. The predicted octanol–water partition coefficient (Wildman–Crippen LogP) is 1.72. The fourth-order valence-electron chi connectivity index (χ4n) is 2.61. The van der Waals surface area contributed by atoms with E-state index < -0.39 is 0 Å². The molecular formula is C15H19N3O3. The average molecular weight is 289 g/mol. The van der Waals surface area contributed by atoms with Crippen LogP contribution < -0.4 is 15.5 Å². The van der Waals surface area contributed by atoms with E-state index in [2.05, 4.69) is 10.6 Å². The van der Waals surface area contributed by atoms with E-state index in [0.29, 0.717) is 13.2 Å². The second-order valence-corrected chi connectivity index (χ2v) is 5.27. The van der Waals surface area contributed by atoms with E-state index in [-0.39, 0.29) is 18.0 Å². The average Bonchev–Trinajstić information content (AvgIpc) is 3.03. The van der Waals surface area contributed by atoms with Crippen molar-refractivity contribution >= 4 is 23.3 Å². The van der Waals surface area contributed by atoms with E-state index >= 15 is 0 Å². The molecule has 0 bridgehead atoms. The van der Waals surface area contributed by atoms with Crippen molar-refractivity contribution in [1.82, 2.24) is 5.32 Å². The summed E-state index contributed by atoms with van der Waals surface area (Å²) in [5.41, 5.74) is 1.55. The minimum Gasteiger partial charge on any atom is -0.368 e. The van der Waals surface area contributed by atoms with Gasteiger partial charge in [0.15, 0.2) is 0 Å². The Hall–Kier alpha value is -2.08. The van der Waals surface area contributed by atoms with Crippen molar-refractivity contribution in [3.8, 4) is 0 Å². The highest BCUT2D eigenvalue weighted by atomic mass is 16.5. The van der Waals surface area contributed by atoms with Gasteiger partial charge in [-0.2, -0.15) is 0 Å². The number of ether oxygens (including phenoxy) is 1. The fraction of sp³-hybridized carbons (Fsp3) is 0.467. The molecule has 2 aliphatic rings. The van der Waals surface area contributed by atoms with Crippen molar-refractivity contribution in [3.63, 3.8) is 0 Å². The van der Waals surface area contributed by atoms with Crippen LogP contribution in [-0.2, 0) is 9.53 Å². The van der Waals surface area contributed by atoms with Gasteiger partial charge in [0.1, 0.15) is 6.10 Å². The summed E-state index contributed by atoms with van der Waals surface area (Å²) in [7, 11) is 0. The number of carbonyl (C=O) groups excluding carboxylic acids is 2. The first kappa shape index (κ1) is 13.9. The highest BCUT2D eigenvalue weighted by molar-refractivity contribution is 5.95. The molecule has 2 heterocycles. The lowest BCUT2D eigenvalue weighted by atomic mass is 10.2. The number of hydrogen-bond donors (Lipinski definition) is 2. The molecule has 2 fully saturated rings. The molecule has 2 saturated heterocycles. The number of urea groups is 1. The molecule has 0 aliphatic carbocycles. The van der Waals surface area contributed by atoms with Crippen molar-refractivity contribution in [1.29, 1.82) is 0 Å². The molecule has 0 aromatic heterocycles. The minimum absolute atomic E-state index is 0.0719. The monoisotopic (exact) mass is 289 g/mol. The first-order chi connectivity index (χ1) is 10.2. The lowest BCUT2D eigenvalue weighted by Gasteiger charge is -2.27. The third kappa shape index (κ3) is 3.16. The van der Waals surface area contributed by atoms with Crippen molar-refractivity contribution in [2.75, 3.05) is 29.9 Å². The lowest BCUT2D eigenvalue weighted by molar-refractivity contribution is -0.124. The Morgan fingerprint density at radius 3 is 2.76 bits per heavy atom. The number of hydrogen-bond acceptors (Lipinski definition) is 3. The normalized spacial score (nSPS) is 22.0. The molecule has 1 aromatic rings. The maximum absolute atomic E-state index is 11.9. The van der Waals surface area contributed by atoms with Crippen LogP contribution in [-0.4, -0.2) is 37.7 Å². The van der Waals surface area contributed by atoms with E-state index in [4.69, 9.17) is 4.74 Å². The summed E-state index contributed by atoms with van der Waals surface area (Å²) in [6, 6.07) is 7.23. The van der Waals surface area contributed by atoms with Gasteiger partial charge in [-0.15, -0.1) is 0 Å². The maximum Gasteiger partial charge on any atom is 0.321 e. The van der Waals surface area contributed by atoms with Gasteiger partial charge in [-0.05, 0) is 43.5 Å². The van der Waals surface area contributed by atoms with Crippen LogP contribution in [0.1, 0.15) is 19.3 Å². The molecule has 1 atom stereocenters. The van der Waals surface area contributed by atoms with Crippen molar-refractivity contribution in [2.24, 2.45) is 0 Å². The fourth-order valence-corrected chi connectivity index (χ4v) is 2.61. The number of amides is 3. The van der Waals surface area contributed by atoms with Crippen molar-refractivity contribution in [3.05, 3.63) is 24.3 Å². The smallest absolute Gasteiger partial charge is 0.321 e. The summed E-state index contributed by atoms with van der Waals surface area (Å²) in [5.74, 6) is -0.101. The van der Waals surface area contributed by atoms with Gasteiger partial charge in [0.2, 0.25) is 0 Å². The second-order valence-electron chi connectivity index (χ2n) is 5.27. The minimum atomic E-state index is -0.336. The summed E-state index contributed by atoms with van der Waals surface area (Å²) in [6.45, 7) is 2.10. The Morgan fingerprint density at radius 2 is 2.10 bits per heavy atom. The highest BCUT2D eigenvalue weighted by Crippen LogP contribution is 2.21. The molecule has 2 N–H and O–H groups in total. The van der Waals surface area contributed by atoms with Gasteiger partial charge in [0.25, 0.3) is 5.91 Å². The Labute approximate surface area is 123 Å².